The van der Waals surface area contributed by atoms with Gasteiger partial charge in [-0.3, -0.25) is 0 Å². The molecular weight excluding hydrogens is 1830 g/mol. The number of fused-ring (bicyclic) bond motifs is 24. The van der Waals surface area contributed by atoms with Gasteiger partial charge in [0.15, 0.2) is 0 Å². The fourth-order valence-corrected chi connectivity index (χ4v) is 46.0. The average molecular weight is 1910 g/mol. The Kier molecular flexibility index (Phi) is 20.7. The standard InChI is InChI=1S/3C21H17P.3C14H11.2ClH.HI.3Zr/c3*1-22(17-8-3-2-4-9-17)14-16-11-12-19-18-10-6-5-7-15(18)13-20(19)21(16)22;3*1-10-6-7-14-12(8-10)9-11-4-2-3-5-13(11)14;;;;;;/h3*2-12,18H,14H2,1H3;3*2-8,13H,1H3;3*1H;;;/q3*+1;;;;;;;;;/p-3. The van der Waals surface area contributed by atoms with Crippen LogP contribution in [0.15, 0.2) is 361 Å². The Labute approximate surface area is 739 Å². The van der Waals surface area contributed by atoms with Crippen molar-refractivity contribution in [3.63, 3.8) is 0 Å². The SMILES string of the molecule is Cc1ccc2c(c1)[C]([Zr][C]1=C3C=CC=CC3c3ccc4c(c31)[P+](C)(c1ccccc1)C4)=C1C=CC=CC12.Cc1ccc2c(c1)[C]([Zr][C]1=C3C=CC=CC3c3ccc4c(c31)[P+](C)(c1ccccc1)C4)=C1C=CC=CC12.Cc1ccc2c(c1)[C]([Zr][C]1=C3C=CC=CC3c3ccc4c(c31)[P+](C)(c1ccccc1)C4)=C1C=CC=CC12.[Cl-].[Cl-].[I-]. The van der Waals surface area contributed by atoms with Crippen LogP contribution < -0.4 is 80.6 Å². The van der Waals surface area contributed by atoms with Crippen LogP contribution in [-0.4, -0.2) is 20.0 Å². The second-order valence-corrected chi connectivity index (χ2v) is 53.3. The molecule has 0 spiro atoms. The van der Waals surface area contributed by atoms with Crippen molar-refractivity contribution < 1.29 is 118 Å². The first kappa shape index (κ1) is 77.5. The quantitative estimate of drug-likeness (QED) is 0.0998. The van der Waals surface area contributed by atoms with E-state index in [9.17, 15) is 0 Å². The molecule has 9 aromatic rings. The molecule has 0 bridgehead atoms. The predicted molar refractivity (Wildman–Crippen MR) is 467 cm³/mol. The van der Waals surface area contributed by atoms with Crippen molar-refractivity contribution in [1.29, 1.82) is 0 Å². The summed E-state index contributed by atoms with van der Waals surface area (Å²) in [4.78, 5) is 0. The van der Waals surface area contributed by atoms with Crippen molar-refractivity contribution in [3.05, 3.63) is 461 Å². The van der Waals surface area contributed by atoms with Gasteiger partial charge in [0.1, 0.15) is 0 Å². The third-order valence-corrected chi connectivity index (χ3v) is 50.1. The molecule has 0 aromatic heterocycles. The summed E-state index contributed by atoms with van der Waals surface area (Å²) in [5.74, 6) is 2.57. The Bertz CT molecular complexity index is 5710. The molecule has 12 aliphatic carbocycles. The number of halogens is 3. The van der Waals surface area contributed by atoms with E-state index in [1.807, 2.05) is 0 Å². The molecule has 0 saturated carbocycles. The minimum atomic E-state index is -1.36. The van der Waals surface area contributed by atoms with E-state index in [1.54, 1.807) is 135 Å². The summed E-state index contributed by atoms with van der Waals surface area (Å²) >= 11 is -3.34. The van der Waals surface area contributed by atoms with E-state index in [-0.39, 0.29) is 48.8 Å². The second-order valence-electron chi connectivity index (χ2n) is 33.1. The van der Waals surface area contributed by atoms with E-state index < -0.39 is 91.5 Å². The summed E-state index contributed by atoms with van der Waals surface area (Å²) in [6.45, 7) is 14.5. The van der Waals surface area contributed by atoms with E-state index >= 15 is 0 Å². The first-order valence-corrected chi connectivity index (χ1v) is 54.5. The van der Waals surface area contributed by atoms with E-state index in [0.717, 1.165) is 0 Å². The number of benzene rings is 9. The zero-order valence-electron chi connectivity index (χ0n) is 64.7. The Morgan fingerprint density at radius 2 is 0.491 bits per heavy atom. The molecule has 15 aliphatic rings. The molecule has 9 aromatic carbocycles. The van der Waals surface area contributed by atoms with Crippen LogP contribution in [0.25, 0.3) is 19.7 Å². The molecule has 0 nitrogen and oxygen atoms in total. The normalized spacial score (nSPS) is 24.8. The van der Waals surface area contributed by atoms with E-state index in [4.69, 9.17) is 0 Å². The molecule has 114 heavy (non-hydrogen) atoms. The number of rotatable bonds is 9. The molecule has 9 unspecified atom stereocenters. The van der Waals surface area contributed by atoms with Crippen molar-refractivity contribution in [1.82, 2.24) is 0 Å². The van der Waals surface area contributed by atoms with Crippen LogP contribution in [0.3, 0.4) is 0 Å². The monoisotopic (exact) mass is 1900 g/mol. The van der Waals surface area contributed by atoms with Crippen LogP contribution >= 0.6 is 21.8 Å². The first-order valence-electron chi connectivity index (χ1n) is 39.8. The molecule has 9 atom stereocenters. The maximum atomic E-state index is 2.59. The fourth-order valence-electron chi connectivity index (χ4n) is 21.4. The van der Waals surface area contributed by atoms with Crippen LogP contribution in [0.4, 0.5) is 0 Å². The molecule has 552 valence electrons. The van der Waals surface area contributed by atoms with Crippen LogP contribution in [0.5, 0.6) is 0 Å². The number of hydrogen-bond donors (Lipinski definition) is 0. The minimum Gasteiger partial charge on any atom is -1.00 e. The van der Waals surface area contributed by atoms with Crippen molar-refractivity contribution in [2.45, 2.75) is 74.8 Å². The van der Waals surface area contributed by atoms with Gasteiger partial charge in [-0.2, -0.15) is 0 Å². The number of hydrogen-bond acceptors (Lipinski definition) is 0. The largest absolute Gasteiger partial charge is 1.00 e. The zero-order valence-corrected chi connectivity index (χ0v) is 78.5. The Morgan fingerprint density at radius 3 is 0.746 bits per heavy atom. The fraction of sp³-hybridized carbons (Fsp3) is 0.143. The topological polar surface area (TPSA) is 0 Å². The third kappa shape index (κ3) is 12.1. The summed E-state index contributed by atoms with van der Waals surface area (Å²) in [6, 6.07) is 70.4. The third-order valence-electron chi connectivity index (χ3n) is 26.6. The first-order chi connectivity index (χ1) is 54.4. The van der Waals surface area contributed by atoms with Crippen molar-refractivity contribution in [2.24, 2.45) is 0 Å². The predicted octanol–water partition coefficient (Wildman–Crippen LogP) is 14.3. The summed E-state index contributed by atoms with van der Waals surface area (Å²) in [6.07, 6.45) is 59.9. The van der Waals surface area contributed by atoms with Crippen LogP contribution in [0, 0.1) is 20.8 Å². The summed E-state index contributed by atoms with van der Waals surface area (Å²) < 4.78 is 10.3. The number of aryl methyl sites for hydroxylation is 3. The van der Waals surface area contributed by atoms with Gasteiger partial charge in [-0.1, -0.05) is 0 Å². The van der Waals surface area contributed by atoms with Gasteiger partial charge in [-0.15, -0.1) is 0 Å². The van der Waals surface area contributed by atoms with E-state index in [2.05, 4.69) is 369 Å². The Morgan fingerprint density at radius 1 is 0.263 bits per heavy atom. The van der Waals surface area contributed by atoms with E-state index in [1.165, 1.54) is 68.6 Å². The van der Waals surface area contributed by atoms with Crippen molar-refractivity contribution in [3.8, 4) is 0 Å². The molecule has 3 heterocycles. The van der Waals surface area contributed by atoms with Gasteiger partial charge >= 0.3 is 699 Å². The van der Waals surface area contributed by atoms with Crippen LogP contribution in [0.1, 0.15) is 136 Å². The Hall–Kier alpha value is -6.45. The van der Waals surface area contributed by atoms with Gasteiger partial charge in [0.25, 0.3) is 0 Å². The second kappa shape index (κ2) is 30.4. The number of allylic oxidation sites excluding steroid dienone is 30. The van der Waals surface area contributed by atoms with Crippen molar-refractivity contribution >= 4 is 73.3 Å². The molecule has 24 rings (SSSR count). The molecule has 9 heteroatoms. The molecular formula is C105H84Cl2IP3Zr3. The van der Waals surface area contributed by atoms with Gasteiger partial charge in [-0.05, 0) is 0 Å². The Balaban J connectivity index is 0.000000113. The summed E-state index contributed by atoms with van der Waals surface area (Å²) in [5, 5.41) is 9.86. The molecule has 0 radical (unpaired) electrons. The average Bonchev–Trinajstić information content (AvgIpc) is 1.47. The van der Waals surface area contributed by atoms with Gasteiger partial charge in [-0.25, -0.2) is 0 Å². The van der Waals surface area contributed by atoms with Gasteiger partial charge in [0.2, 0.25) is 0 Å². The zero-order chi connectivity index (χ0) is 74.2. The van der Waals surface area contributed by atoms with E-state index in [0.29, 0.717) is 35.5 Å². The van der Waals surface area contributed by atoms with Gasteiger partial charge in [0.05, 0.1) is 0 Å². The minimum absolute atomic E-state index is 0. The van der Waals surface area contributed by atoms with Crippen LogP contribution in [-0.2, 0) is 88.2 Å². The van der Waals surface area contributed by atoms with Gasteiger partial charge < -0.3 is 48.8 Å². The molecule has 3 aliphatic heterocycles. The molecule has 0 saturated heterocycles. The maximum Gasteiger partial charge on any atom is -1.00 e. The van der Waals surface area contributed by atoms with Crippen LogP contribution in [0.2, 0.25) is 0 Å². The summed E-state index contributed by atoms with van der Waals surface area (Å²) in [7, 11) is -4.08. The molecule has 0 amide bonds. The summed E-state index contributed by atoms with van der Waals surface area (Å²) in [5.41, 5.74) is 37.2. The van der Waals surface area contributed by atoms with Crippen molar-refractivity contribution in [2.75, 3.05) is 20.0 Å². The molecule has 0 fully saturated rings. The molecule has 0 N–H and O–H groups in total. The smallest absolute Gasteiger partial charge is 1.00 e. The maximum absolute atomic E-state index is 2.59. The van der Waals surface area contributed by atoms with Gasteiger partial charge in [0, 0.05) is 0 Å².